The summed E-state index contributed by atoms with van der Waals surface area (Å²) in [6.07, 6.45) is 3.43. The number of likely N-dealkylation sites (tertiary alicyclic amines) is 1. The summed E-state index contributed by atoms with van der Waals surface area (Å²) in [6, 6.07) is 13.6. The molecule has 1 aromatic heterocycles. The average Bonchev–Trinajstić information content (AvgIpc) is 3.26. The maximum atomic E-state index is 11.2. The van der Waals surface area contributed by atoms with Crippen LogP contribution in [0.3, 0.4) is 0 Å². The molecule has 0 saturated carbocycles. The first-order chi connectivity index (χ1) is 16.8. The molecule has 0 aliphatic carbocycles. The van der Waals surface area contributed by atoms with E-state index in [0.717, 1.165) is 16.7 Å². The Morgan fingerprint density at radius 3 is 2.69 bits per heavy atom. The Labute approximate surface area is 206 Å². The van der Waals surface area contributed by atoms with Crippen molar-refractivity contribution >= 4 is 0 Å². The summed E-state index contributed by atoms with van der Waals surface area (Å²) in [7, 11) is 1.63. The molecule has 1 fully saturated rings. The zero-order valence-electron chi connectivity index (χ0n) is 20.7. The molecule has 2 heterocycles. The van der Waals surface area contributed by atoms with Crippen molar-refractivity contribution in [3.8, 4) is 17.2 Å². The highest BCUT2D eigenvalue weighted by Crippen LogP contribution is 2.30. The third-order valence-electron chi connectivity index (χ3n) is 6.29. The molecule has 8 heteroatoms. The number of hydrogen-bond acceptors (Lipinski definition) is 7. The van der Waals surface area contributed by atoms with Crippen LogP contribution in [-0.4, -0.2) is 70.0 Å². The zero-order chi connectivity index (χ0) is 24.8. The fourth-order valence-electron chi connectivity index (χ4n) is 4.36. The van der Waals surface area contributed by atoms with E-state index in [9.17, 15) is 10.2 Å². The van der Waals surface area contributed by atoms with Gasteiger partial charge in [-0.15, -0.1) is 0 Å². The topological polar surface area (TPSA) is 89.2 Å². The number of piperidine rings is 1. The van der Waals surface area contributed by atoms with Gasteiger partial charge in [0.05, 0.1) is 26.0 Å². The molecule has 0 amide bonds. The van der Waals surface area contributed by atoms with Crippen LogP contribution in [0.25, 0.3) is 0 Å². The number of rotatable bonds is 10. The number of benzene rings is 2. The fraction of sp³-hybridized carbons (Fsp3) is 0.444. The van der Waals surface area contributed by atoms with E-state index < -0.39 is 11.7 Å². The highest BCUT2D eigenvalue weighted by atomic mass is 16.5. The van der Waals surface area contributed by atoms with Gasteiger partial charge in [-0.05, 0) is 61.2 Å². The molecule has 4 rings (SSSR count). The molecule has 2 aromatic carbocycles. The molecule has 2 atom stereocenters. The minimum absolute atomic E-state index is 0.0278. The number of aliphatic hydroxyl groups is 2. The Balaban J connectivity index is 1.34. The molecule has 188 valence electrons. The number of methoxy groups -OCH3 is 1. The second-order valence-electron chi connectivity index (χ2n) is 9.34. The largest absolute Gasteiger partial charge is 0.493 e. The Morgan fingerprint density at radius 2 is 1.94 bits per heavy atom. The lowest BCUT2D eigenvalue weighted by molar-refractivity contribution is -0.140. The SMILES string of the molecule is COc1cc(CN2CC[C@H](O)[C@@](O)(COc3cccc(C)c3)C2)ccc1OCCn1cc(C)cn1. The Bertz CT molecular complexity index is 1120. The average molecular weight is 482 g/mol. The quantitative estimate of drug-likeness (QED) is 0.460. The van der Waals surface area contributed by atoms with Crippen molar-refractivity contribution in [1.29, 1.82) is 0 Å². The molecule has 1 aliphatic rings. The van der Waals surface area contributed by atoms with E-state index >= 15 is 0 Å². The van der Waals surface area contributed by atoms with E-state index in [4.69, 9.17) is 14.2 Å². The van der Waals surface area contributed by atoms with Crippen molar-refractivity contribution in [3.05, 3.63) is 71.5 Å². The highest BCUT2D eigenvalue weighted by molar-refractivity contribution is 5.43. The molecule has 8 nitrogen and oxygen atoms in total. The van der Waals surface area contributed by atoms with Crippen molar-refractivity contribution < 1.29 is 24.4 Å². The van der Waals surface area contributed by atoms with Crippen LogP contribution in [0.2, 0.25) is 0 Å². The van der Waals surface area contributed by atoms with Gasteiger partial charge in [-0.2, -0.15) is 5.10 Å². The summed E-state index contributed by atoms with van der Waals surface area (Å²) in [6.45, 7) is 6.76. The molecule has 0 unspecified atom stereocenters. The normalized spacial score (nSPS) is 20.5. The lowest BCUT2D eigenvalue weighted by atomic mass is 9.90. The van der Waals surface area contributed by atoms with Crippen LogP contribution in [-0.2, 0) is 13.1 Å². The highest BCUT2D eigenvalue weighted by Gasteiger charge is 2.42. The Hall–Kier alpha value is -3.07. The minimum Gasteiger partial charge on any atom is -0.493 e. The van der Waals surface area contributed by atoms with Gasteiger partial charge in [0.25, 0.3) is 0 Å². The zero-order valence-corrected chi connectivity index (χ0v) is 20.7. The first-order valence-corrected chi connectivity index (χ1v) is 12.0. The predicted molar refractivity (Wildman–Crippen MR) is 133 cm³/mol. The molecular weight excluding hydrogens is 446 g/mol. The summed E-state index contributed by atoms with van der Waals surface area (Å²) in [4.78, 5) is 2.13. The first-order valence-electron chi connectivity index (χ1n) is 12.0. The lowest BCUT2D eigenvalue weighted by Gasteiger charge is -2.42. The van der Waals surface area contributed by atoms with Gasteiger partial charge in [-0.3, -0.25) is 9.58 Å². The monoisotopic (exact) mass is 481 g/mol. The second kappa shape index (κ2) is 11.1. The van der Waals surface area contributed by atoms with Gasteiger partial charge in [-0.1, -0.05) is 18.2 Å². The molecule has 2 N–H and O–H groups in total. The molecule has 3 aromatic rings. The molecule has 1 aliphatic heterocycles. The molecular formula is C27H35N3O5. The van der Waals surface area contributed by atoms with E-state index in [1.807, 2.05) is 73.4 Å². The third-order valence-corrected chi connectivity index (χ3v) is 6.29. The molecule has 0 spiro atoms. The van der Waals surface area contributed by atoms with E-state index in [1.165, 1.54) is 0 Å². The summed E-state index contributed by atoms with van der Waals surface area (Å²) < 4.78 is 19.2. The maximum Gasteiger partial charge on any atom is 0.161 e. The van der Waals surface area contributed by atoms with Gasteiger partial charge in [0.2, 0.25) is 0 Å². The maximum absolute atomic E-state index is 11.2. The molecule has 0 bridgehead atoms. The van der Waals surface area contributed by atoms with Crippen LogP contribution >= 0.6 is 0 Å². The summed E-state index contributed by atoms with van der Waals surface area (Å²) >= 11 is 0. The van der Waals surface area contributed by atoms with Gasteiger partial charge in [0.15, 0.2) is 11.5 Å². The summed E-state index contributed by atoms with van der Waals surface area (Å²) in [5.74, 6) is 2.03. The lowest BCUT2D eigenvalue weighted by Crippen LogP contribution is -2.59. The Morgan fingerprint density at radius 1 is 1.09 bits per heavy atom. The van der Waals surface area contributed by atoms with Crippen LogP contribution < -0.4 is 14.2 Å². The van der Waals surface area contributed by atoms with E-state index in [0.29, 0.717) is 56.5 Å². The van der Waals surface area contributed by atoms with Crippen LogP contribution in [0.1, 0.15) is 23.1 Å². The minimum atomic E-state index is -1.35. The van der Waals surface area contributed by atoms with E-state index in [1.54, 1.807) is 7.11 Å². The predicted octanol–water partition coefficient (Wildman–Crippen LogP) is 2.96. The number of ether oxygens (including phenoxy) is 3. The fourth-order valence-corrected chi connectivity index (χ4v) is 4.36. The smallest absolute Gasteiger partial charge is 0.161 e. The standard InChI is InChI=1S/C27H35N3O5/c1-20-5-4-6-23(13-20)35-19-27(32)18-29(10-9-26(27)31)17-22-7-8-24(25(14-22)33-3)34-12-11-30-16-21(2)15-28-30/h4-8,13-16,26,31-32H,9-12,17-19H2,1-3H3/t26-,27-/m0/s1. The molecule has 0 radical (unpaired) electrons. The number of aromatic nitrogens is 2. The van der Waals surface area contributed by atoms with Crippen molar-refractivity contribution in [1.82, 2.24) is 14.7 Å². The van der Waals surface area contributed by atoms with Gasteiger partial charge < -0.3 is 24.4 Å². The van der Waals surface area contributed by atoms with E-state index in [2.05, 4.69) is 10.00 Å². The van der Waals surface area contributed by atoms with E-state index in [-0.39, 0.29) is 6.61 Å². The number of aliphatic hydroxyl groups excluding tert-OH is 1. The number of β-amino-alcohol motifs (C(OH)–C–C–N with tert-alkyl or cyclic N) is 1. The molecule has 1 saturated heterocycles. The summed E-state index contributed by atoms with van der Waals surface area (Å²) in [5, 5.41) is 26.0. The second-order valence-corrected chi connectivity index (χ2v) is 9.34. The summed E-state index contributed by atoms with van der Waals surface area (Å²) in [5.41, 5.74) is 1.89. The Kier molecular flexibility index (Phi) is 7.95. The van der Waals surface area contributed by atoms with Gasteiger partial charge >= 0.3 is 0 Å². The van der Waals surface area contributed by atoms with Crippen molar-refractivity contribution in [2.24, 2.45) is 0 Å². The van der Waals surface area contributed by atoms with Crippen LogP contribution in [0.15, 0.2) is 54.9 Å². The molecule has 35 heavy (non-hydrogen) atoms. The number of hydrogen-bond donors (Lipinski definition) is 2. The van der Waals surface area contributed by atoms with Gasteiger partial charge in [-0.25, -0.2) is 0 Å². The number of aryl methyl sites for hydroxylation is 2. The third kappa shape index (κ3) is 6.54. The van der Waals surface area contributed by atoms with Crippen LogP contribution in [0.4, 0.5) is 0 Å². The van der Waals surface area contributed by atoms with Crippen molar-refractivity contribution in [2.75, 3.05) is 33.4 Å². The van der Waals surface area contributed by atoms with Crippen molar-refractivity contribution in [3.63, 3.8) is 0 Å². The van der Waals surface area contributed by atoms with Crippen LogP contribution in [0, 0.1) is 13.8 Å². The first kappa shape index (κ1) is 25.0. The van der Waals surface area contributed by atoms with Gasteiger partial charge in [0.1, 0.15) is 24.6 Å². The van der Waals surface area contributed by atoms with Gasteiger partial charge in [0, 0.05) is 25.8 Å². The van der Waals surface area contributed by atoms with Crippen molar-refractivity contribution in [2.45, 2.75) is 45.1 Å². The number of nitrogens with zero attached hydrogens (tertiary/aromatic N) is 3. The van der Waals surface area contributed by atoms with Crippen LogP contribution in [0.5, 0.6) is 17.2 Å².